The fraction of sp³-hybridized carbons (Fsp3) is 0.833. The molecule has 5 atom stereocenters. The fourth-order valence-corrected chi connectivity index (χ4v) is 3.54. The van der Waals surface area contributed by atoms with E-state index in [1.807, 2.05) is 13.8 Å². The van der Waals surface area contributed by atoms with Crippen LogP contribution in [0.3, 0.4) is 0 Å². The topological polar surface area (TPSA) is 47.9 Å². The lowest BCUT2D eigenvalue weighted by Crippen LogP contribution is -2.47. The van der Waals surface area contributed by atoms with Crippen LogP contribution < -0.4 is 0 Å². The lowest BCUT2D eigenvalue weighted by Gasteiger charge is -2.40. The molecule has 2 heterocycles. The first-order chi connectivity index (χ1) is 9.20. The minimum atomic E-state index is -4.43. The second kappa shape index (κ2) is 5.55. The minimum Gasteiger partial charge on any atom is -0.463 e. The molecule has 0 aliphatic carbocycles. The summed E-state index contributed by atoms with van der Waals surface area (Å²) in [5, 5.41) is -0.834. The van der Waals surface area contributed by atoms with Gasteiger partial charge in [-0.1, -0.05) is 25.6 Å². The molecule has 20 heavy (non-hydrogen) atoms. The summed E-state index contributed by atoms with van der Waals surface area (Å²) in [4.78, 5) is 14.6. The molecule has 0 saturated carbocycles. The van der Waals surface area contributed by atoms with Crippen LogP contribution in [0.1, 0.15) is 20.8 Å². The zero-order chi connectivity index (χ0) is 15.1. The Balaban J connectivity index is 2.07. The van der Waals surface area contributed by atoms with Crippen molar-refractivity contribution in [2.75, 3.05) is 6.61 Å². The van der Waals surface area contributed by atoms with E-state index in [9.17, 15) is 18.0 Å². The number of alkyl halides is 3. The molecule has 1 saturated heterocycles. The molecule has 2 aliphatic heterocycles. The first kappa shape index (κ1) is 15.6. The lowest BCUT2D eigenvalue weighted by molar-refractivity contribution is -0.152. The zero-order valence-corrected chi connectivity index (χ0v) is 12.1. The summed E-state index contributed by atoms with van der Waals surface area (Å²) >= 11 is 0.608. The number of carbonyl (C=O) groups is 1. The Labute approximate surface area is 119 Å². The van der Waals surface area contributed by atoms with E-state index in [0.717, 1.165) is 0 Å². The van der Waals surface area contributed by atoms with Gasteiger partial charge in [0.1, 0.15) is 12.0 Å². The highest BCUT2D eigenvalue weighted by Gasteiger charge is 2.51. The van der Waals surface area contributed by atoms with Crippen LogP contribution in [-0.4, -0.2) is 41.4 Å². The Morgan fingerprint density at radius 2 is 2.05 bits per heavy atom. The summed E-state index contributed by atoms with van der Waals surface area (Å²) in [6, 6.07) is -0.500. The largest absolute Gasteiger partial charge is 0.463 e. The van der Waals surface area contributed by atoms with Gasteiger partial charge in [-0.3, -0.25) is 9.79 Å². The third kappa shape index (κ3) is 3.11. The summed E-state index contributed by atoms with van der Waals surface area (Å²) in [5.74, 6) is -0.531. The Kier molecular flexibility index (Phi) is 4.34. The number of nitrogens with zero attached hydrogens (tertiary/aromatic N) is 1. The molecule has 2 aliphatic rings. The van der Waals surface area contributed by atoms with Crippen LogP contribution in [0.4, 0.5) is 13.2 Å². The second-order valence-electron chi connectivity index (χ2n) is 5.10. The molecule has 2 rings (SSSR count). The van der Waals surface area contributed by atoms with Crippen LogP contribution in [0.5, 0.6) is 0 Å². The number of aliphatic imine (C=N–C) groups is 1. The van der Waals surface area contributed by atoms with Crippen molar-refractivity contribution >= 4 is 22.8 Å². The molecule has 2 unspecified atom stereocenters. The molecule has 114 valence electrons. The van der Waals surface area contributed by atoms with Gasteiger partial charge in [-0.05, 0) is 11.8 Å². The van der Waals surface area contributed by atoms with Crippen molar-refractivity contribution in [3.05, 3.63) is 0 Å². The van der Waals surface area contributed by atoms with Gasteiger partial charge < -0.3 is 9.47 Å². The molecular weight excluding hydrogens is 295 g/mol. The zero-order valence-electron chi connectivity index (χ0n) is 11.3. The van der Waals surface area contributed by atoms with E-state index < -0.39 is 34.8 Å². The molecule has 0 spiro atoms. The first-order valence-electron chi connectivity index (χ1n) is 6.30. The van der Waals surface area contributed by atoms with E-state index in [2.05, 4.69) is 4.99 Å². The smallest absolute Gasteiger partial charge is 0.439 e. The van der Waals surface area contributed by atoms with Crippen molar-refractivity contribution in [2.24, 2.45) is 16.8 Å². The van der Waals surface area contributed by atoms with Crippen molar-refractivity contribution in [1.29, 1.82) is 0 Å². The number of ether oxygens (including phenoxy) is 2. The molecule has 0 amide bonds. The normalized spacial score (nSPS) is 37.3. The van der Waals surface area contributed by atoms with Crippen LogP contribution in [0.2, 0.25) is 0 Å². The van der Waals surface area contributed by atoms with E-state index in [1.54, 1.807) is 0 Å². The summed E-state index contributed by atoms with van der Waals surface area (Å²) in [5.41, 5.74) is -0.654. The maximum Gasteiger partial charge on any atom is 0.439 e. The monoisotopic (exact) mass is 311 g/mol. The van der Waals surface area contributed by atoms with E-state index in [-0.39, 0.29) is 18.4 Å². The van der Waals surface area contributed by atoms with E-state index in [4.69, 9.17) is 9.47 Å². The number of thioether (sulfide) groups is 1. The van der Waals surface area contributed by atoms with E-state index >= 15 is 0 Å². The maximum atomic E-state index is 12.7. The number of esters is 1. The molecule has 4 nitrogen and oxygen atoms in total. The molecule has 0 aromatic heterocycles. The predicted octanol–water partition coefficient (Wildman–Crippen LogP) is 2.62. The standard InChI is InChI=1S/C12H16F3NO3S/c1-5-6(2)9-10(19-8(5)4-18-7(3)17)20-11(16-9)12(13,14)15/h5-6,8-10H,4H2,1-3H3/t5-,6-,8+,9?,10?/m0/s1. The number of hydrogen-bond acceptors (Lipinski definition) is 5. The molecule has 0 N–H and O–H groups in total. The quantitative estimate of drug-likeness (QED) is 0.736. The summed E-state index contributed by atoms with van der Waals surface area (Å²) in [7, 11) is 0. The van der Waals surface area contributed by atoms with Gasteiger partial charge in [-0.15, -0.1) is 0 Å². The Hall–Kier alpha value is -0.760. The number of halogens is 3. The predicted molar refractivity (Wildman–Crippen MR) is 68.5 cm³/mol. The van der Waals surface area contributed by atoms with Gasteiger partial charge in [0.2, 0.25) is 0 Å². The number of hydrogen-bond donors (Lipinski definition) is 0. The highest BCUT2D eigenvalue weighted by Crippen LogP contribution is 2.45. The van der Waals surface area contributed by atoms with Gasteiger partial charge >= 0.3 is 12.1 Å². The summed E-state index contributed by atoms with van der Waals surface area (Å²) in [6.07, 6.45) is -4.83. The van der Waals surface area contributed by atoms with Crippen molar-refractivity contribution in [1.82, 2.24) is 0 Å². The van der Waals surface area contributed by atoms with Gasteiger partial charge in [0.25, 0.3) is 0 Å². The molecule has 8 heteroatoms. The van der Waals surface area contributed by atoms with E-state index in [0.29, 0.717) is 11.8 Å². The van der Waals surface area contributed by atoms with Gasteiger partial charge in [-0.25, -0.2) is 0 Å². The third-order valence-corrected chi connectivity index (χ3v) is 4.91. The van der Waals surface area contributed by atoms with Crippen molar-refractivity contribution in [3.8, 4) is 0 Å². The summed E-state index contributed by atoms with van der Waals surface area (Å²) < 4.78 is 48.6. The van der Waals surface area contributed by atoms with Gasteiger partial charge in [0.15, 0.2) is 5.04 Å². The third-order valence-electron chi connectivity index (χ3n) is 3.73. The molecular formula is C12H16F3NO3S. The average molecular weight is 311 g/mol. The van der Waals surface area contributed by atoms with Crippen LogP contribution in [-0.2, 0) is 14.3 Å². The Morgan fingerprint density at radius 3 is 2.60 bits per heavy atom. The number of rotatable bonds is 2. The molecule has 0 bridgehead atoms. The highest BCUT2D eigenvalue weighted by atomic mass is 32.2. The lowest BCUT2D eigenvalue weighted by atomic mass is 9.83. The van der Waals surface area contributed by atoms with Crippen LogP contribution in [0, 0.1) is 11.8 Å². The van der Waals surface area contributed by atoms with Crippen LogP contribution >= 0.6 is 11.8 Å². The number of carbonyl (C=O) groups excluding carboxylic acids is 1. The van der Waals surface area contributed by atoms with Crippen molar-refractivity contribution in [3.63, 3.8) is 0 Å². The van der Waals surface area contributed by atoms with Gasteiger partial charge in [0.05, 0.1) is 12.1 Å². The fourth-order valence-electron chi connectivity index (χ4n) is 2.36. The summed E-state index contributed by atoms with van der Waals surface area (Å²) in [6.45, 7) is 5.08. The number of fused-ring (bicyclic) bond motifs is 1. The Bertz CT molecular complexity index is 427. The van der Waals surface area contributed by atoms with Crippen LogP contribution in [0.15, 0.2) is 4.99 Å². The van der Waals surface area contributed by atoms with Crippen molar-refractivity contribution < 1.29 is 27.4 Å². The molecule has 0 radical (unpaired) electrons. The molecule has 0 aromatic carbocycles. The average Bonchev–Trinajstić information content (AvgIpc) is 2.75. The minimum absolute atomic E-state index is 0.0347. The molecule has 0 aromatic rings. The maximum absolute atomic E-state index is 12.7. The SMILES string of the molecule is CC(=O)OC[C@H]1OC2SC(C(F)(F)F)=NC2[C@@H](C)[C@@H]1C. The first-order valence-corrected chi connectivity index (χ1v) is 7.18. The van der Waals surface area contributed by atoms with Crippen LogP contribution in [0.25, 0.3) is 0 Å². The van der Waals surface area contributed by atoms with Gasteiger partial charge in [0, 0.05) is 6.92 Å². The highest BCUT2D eigenvalue weighted by molar-refractivity contribution is 8.14. The van der Waals surface area contributed by atoms with E-state index in [1.165, 1.54) is 6.92 Å². The van der Waals surface area contributed by atoms with Crippen molar-refractivity contribution in [2.45, 2.75) is 44.5 Å². The van der Waals surface area contributed by atoms with Gasteiger partial charge in [-0.2, -0.15) is 13.2 Å². The Morgan fingerprint density at radius 1 is 1.40 bits per heavy atom. The molecule has 1 fully saturated rings. The second-order valence-corrected chi connectivity index (χ2v) is 6.19.